The summed E-state index contributed by atoms with van der Waals surface area (Å²) in [6.45, 7) is 2.59. The highest BCUT2D eigenvalue weighted by molar-refractivity contribution is 7.11. The lowest BCUT2D eigenvalue weighted by Gasteiger charge is -2.13. The van der Waals surface area contributed by atoms with Gasteiger partial charge in [0.05, 0.1) is 25.0 Å². The van der Waals surface area contributed by atoms with Crippen LogP contribution in [0.25, 0.3) is 5.57 Å². The molecule has 4 rings (SSSR count). The van der Waals surface area contributed by atoms with Crippen LogP contribution in [0.5, 0.6) is 5.75 Å². The predicted octanol–water partition coefficient (Wildman–Crippen LogP) is 4.13. The summed E-state index contributed by atoms with van der Waals surface area (Å²) in [7, 11) is 0. The molecule has 0 fully saturated rings. The van der Waals surface area contributed by atoms with Crippen molar-refractivity contribution in [2.24, 2.45) is 0 Å². The molecule has 0 radical (unpaired) electrons. The number of benzene rings is 1. The van der Waals surface area contributed by atoms with Gasteiger partial charge >= 0.3 is 0 Å². The quantitative estimate of drug-likeness (QED) is 0.610. The van der Waals surface area contributed by atoms with Gasteiger partial charge < -0.3 is 14.5 Å². The van der Waals surface area contributed by atoms with Crippen molar-refractivity contribution in [2.75, 3.05) is 11.9 Å². The Balaban J connectivity index is 1.66. The van der Waals surface area contributed by atoms with Crippen LogP contribution in [0.15, 0.2) is 70.3 Å². The number of carbonyl (C=O) groups excluding carboxylic acids is 2. The number of hydrogen-bond donors (Lipinski definition) is 1. The molecular weight excluding hydrogens is 376 g/mol. The third-order valence-corrected chi connectivity index (χ3v) is 5.15. The maximum Gasteiger partial charge on any atom is 0.278 e. The number of nitrogens with zero attached hydrogens (tertiary/aromatic N) is 1. The third-order valence-electron chi connectivity index (χ3n) is 4.26. The summed E-state index contributed by atoms with van der Waals surface area (Å²) in [5.41, 5.74) is 1.34. The highest BCUT2D eigenvalue weighted by atomic mass is 32.1. The van der Waals surface area contributed by atoms with Crippen LogP contribution in [0.3, 0.4) is 0 Å². The molecule has 2 aromatic heterocycles. The molecule has 1 aromatic carbocycles. The summed E-state index contributed by atoms with van der Waals surface area (Å²) < 4.78 is 10.8. The standard InChI is InChI=1S/C21H18N2O4S/c1-2-26-15-9-7-14(8-10-15)22-19-18(17-6-4-12-28-17)20(24)23(21(19)25)13-16-5-3-11-27-16/h3-12,22H,2,13H2,1H3. The monoisotopic (exact) mass is 394 g/mol. The van der Waals surface area contributed by atoms with E-state index in [-0.39, 0.29) is 24.1 Å². The first-order chi connectivity index (χ1) is 13.7. The molecule has 6 nitrogen and oxygen atoms in total. The number of furan rings is 1. The highest BCUT2D eigenvalue weighted by Crippen LogP contribution is 2.33. The van der Waals surface area contributed by atoms with Crippen LogP contribution >= 0.6 is 11.3 Å². The molecule has 0 unspecified atom stereocenters. The summed E-state index contributed by atoms with van der Waals surface area (Å²) in [5.74, 6) is 0.583. The zero-order valence-electron chi connectivity index (χ0n) is 15.2. The Bertz CT molecular complexity index is 1010. The molecule has 0 saturated carbocycles. The largest absolute Gasteiger partial charge is 0.494 e. The Hall–Kier alpha value is -3.32. The summed E-state index contributed by atoms with van der Waals surface area (Å²) in [4.78, 5) is 28.0. The van der Waals surface area contributed by atoms with Gasteiger partial charge in [-0.25, -0.2) is 0 Å². The van der Waals surface area contributed by atoms with Crippen LogP contribution < -0.4 is 10.1 Å². The lowest BCUT2D eigenvalue weighted by atomic mass is 10.2. The van der Waals surface area contributed by atoms with Gasteiger partial charge in [0.2, 0.25) is 0 Å². The molecule has 7 heteroatoms. The SMILES string of the molecule is CCOc1ccc(NC2=C(c3cccs3)C(=O)N(Cc3ccco3)C2=O)cc1. The second-order valence-electron chi connectivity index (χ2n) is 6.09. The van der Waals surface area contributed by atoms with Gasteiger partial charge in [0.15, 0.2) is 0 Å². The van der Waals surface area contributed by atoms with E-state index >= 15 is 0 Å². The Morgan fingerprint density at radius 2 is 1.89 bits per heavy atom. The fourth-order valence-electron chi connectivity index (χ4n) is 2.99. The Morgan fingerprint density at radius 1 is 1.07 bits per heavy atom. The molecule has 1 N–H and O–H groups in total. The number of ether oxygens (including phenoxy) is 1. The molecule has 142 valence electrons. The van der Waals surface area contributed by atoms with Crippen molar-refractivity contribution in [2.45, 2.75) is 13.5 Å². The molecule has 1 aliphatic heterocycles. The van der Waals surface area contributed by atoms with Crippen LogP contribution in [-0.4, -0.2) is 23.3 Å². The number of rotatable bonds is 7. The van der Waals surface area contributed by atoms with E-state index < -0.39 is 0 Å². The maximum atomic E-state index is 13.0. The normalized spacial score (nSPS) is 14.1. The lowest BCUT2D eigenvalue weighted by molar-refractivity contribution is -0.137. The zero-order chi connectivity index (χ0) is 19.5. The van der Waals surface area contributed by atoms with Crippen molar-refractivity contribution in [3.63, 3.8) is 0 Å². The molecule has 0 aliphatic carbocycles. The molecular formula is C21H18N2O4S. The number of anilines is 1. The van der Waals surface area contributed by atoms with Gasteiger partial charge in [0.25, 0.3) is 11.8 Å². The Kier molecular flexibility index (Phi) is 4.99. The van der Waals surface area contributed by atoms with Crippen molar-refractivity contribution < 1.29 is 18.7 Å². The topological polar surface area (TPSA) is 71.8 Å². The van der Waals surface area contributed by atoms with Gasteiger partial charge in [0.1, 0.15) is 17.2 Å². The fraction of sp³-hybridized carbons (Fsp3) is 0.143. The predicted molar refractivity (Wildman–Crippen MR) is 107 cm³/mol. The minimum absolute atomic E-state index is 0.0913. The molecule has 0 saturated heterocycles. The van der Waals surface area contributed by atoms with Crippen LogP contribution in [0, 0.1) is 0 Å². The number of thiophene rings is 1. The fourth-order valence-corrected chi connectivity index (χ4v) is 3.76. The highest BCUT2D eigenvalue weighted by Gasteiger charge is 2.40. The van der Waals surface area contributed by atoms with E-state index in [0.717, 1.165) is 10.6 Å². The van der Waals surface area contributed by atoms with E-state index in [2.05, 4.69) is 5.32 Å². The summed E-state index contributed by atoms with van der Waals surface area (Å²) in [6, 6.07) is 14.4. The average Bonchev–Trinajstić information content (AvgIpc) is 3.44. The number of imide groups is 1. The number of nitrogens with one attached hydrogen (secondary N) is 1. The van der Waals surface area contributed by atoms with Gasteiger partial charge in [-0.05, 0) is 54.8 Å². The van der Waals surface area contributed by atoms with E-state index in [0.29, 0.717) is 23.6 Å². The summed E-state index contributed by atoms with van der Waals surface area (Å²) >= 11 is 1.42. The molecule has 2 amide bonds. The second kappa shape index (κ2) is 7.74. The molecule has 28 heavy (non-hydrogen) atoms. The maximum absolute atomic E-state index is 13.0. The van der Waals surface area contributed by atoms with Crippen LogP contribution in [0.2, 0.25) is 0 Å². The van der Waals surface area contributed by atoms with Gasteiger partial charge in [0, 0.05) is 10.6 Å². The van der Waals surface area contributed by atoms with Crippen LogP contribution in [0.4, 0.5) is 5.69 Å². The molecule has 0 atom stereocenters. The van der Waals surface area contributed by atoms with E-state index in [1.54, 1.807) is 12.1 Å². The van der Waals surface area contributed by atoms with Gasteiger partial charge in [-0.15, -0.1) is 11.3 Å². The number of carbonyl (C=O) groups is 2. The Morgan fingerprint density at radius 3 is 2.54 bits per heavy atom. The second-order valence-corrected chi connectivity index (χ2v) is 7.03. The molecule has 3 aromatic rings. The minimum Gasteiger partial charge on any atom is -0.494 e. The van der Waals surface area contributed by atoms with Crippen molar-refractivity contribution in [3.8, 4) is 5.75 Å². The molecule has 1 aliphatic rings. The van der Waals surface area contributed by atoms with E-state index in [1.807, 2.05) is 48.7 Å². The van der Waals surface area contributed by atoms with Crippen LogP contribution in [0.1, 0.15) is 17.6 Å². The number of hydrogen-bond acceptors (Lipinski definition) is 6. The Labute approximate surface area is 166 Å². The van der Waals surface area contributed by atoms with E-state index in [1.165, 1.54) is 22.5 Å². The zero-order valence-corrected chi connectivity index (χ0v) is 16.0. The first-order valence-electron chi connectivity index (χ1n) is 8.84. The van der Waals surface area contributed by atoms with Gasteiger partial charge in [-0.3, -0.25) is 14.5 Å². The first-order valence-corrected chi connectivity index (χ1v) is 9.72. The molecule has 0 bridgehead atoms. The third kappa shape index (κ3) is 3.44. The summed E-state index contributed by atoms with van der Waals surface area (Å²) in [5, 5.41) is 5.01. The number of amides is 2. The van der Waals surface area contributed by atoms with Gasteiger partial charge in [-0.2, -0.15) is 0 Å². The van der Waals surface area contributed by atoms with Crippen molar-refractivity contribution in [3.05, 3.63) is 76.5 Å². The van der Waals surface area contributed by atoms with Crippen molar-refractivity contribution in [1.82, 2.24) is 4.90 Å². The minimum atomic E-state index is -0.376. The molecule has 3 heterocycles. The van der Waals surface area contributed by atoms with Crippen molar-refractivity contribution in [1.29, 1.82) is 0 Å². The lowest BCUT2D eigenvalue weighted by Crippen LogP contribution is -2.31. The van der Waals surface area contributed by atoms with E-state index in [4.69, 9.17) is 9.15 Å². The first kappa shape index (κ1) is 18.1. The average molecular weight is 394 g/mol. The molecule has 0 spiro atoms. The smallest absolute Gasteiger partial charge is 0.278 e. The summed E-state index contributed by atoms with van der Waals surface area (Å²) in [6.07, 6.45) is 1.52. The van der Waals surface area contributed by atoms with Crippen molar-refractivity contribution >= 4 is 34.4 Å². The van der Waals surface area contributed by atoms with Crippen LogP contribution in [-0.2, 0) is 16.1 Å². The van der Waals surface area contributed by atoms with Gasteiger partial charge in [-0.1, -0.05) is 6.07 Å². The van der Waals surface area contributed by atoms with E-state index in [9.17, 15) is 9.59 Å².